The first-order valence-corrected chi connectivity index (χ1v) is 7.97. The second-order valence-corrected chi connectivity index (χ2v) is 5.27. The number of aliphatic imine (C=N–C) groups is 1. The predicted octanol–water partition coefficient (Wildman–Crippen LogP) is 2.97. The molecule has 0 spiro atoms. The van der Waals surface area contributed by atoms with Gasteiger partial charge in [-0.2, -0.15) is 11.3 Å². The lowest BCUT2D eigenvalue weighted by Crippen LogP contribution is -2.39. The number of nitrogens with one attached hydrogen (secondary N) is 2. The lowest BCUT2D eigenvalue weighted by Gasteiger charge is -2.11. The van der Waals surface area contributed by atoms with Crippen LogP contribution >= 0.6 is 35.3 Å². The lowest BCUT2D eigenvalue weighted by molar-refractivity contribution is 0.665. The average Bonchev–Trinajstić information content (AvgIpc) is 3.11. The van der Waals surface area contributed by atoms with Gasteiger partial charge in [-0.25, -0.2) is 0 Å². The van der Waals surface area contributed by atoms with Crippen molar-refractivity contribution in [2.45, 2.75) is 19.9 Å². The minimum Gasteiger partial charge on any atom is -0.357 e. The first-order valence-electron chi connectivity index (χ1n) is 7.02. The molecule has 0 unspecified atom stereocenters. The molecule has 2 aromatic rings. The minimum absolute atomic E-state index is 0. The third-order valence-corrected chi connectivity index (χ3v) is 3.66. The van der Waals surface area contributed by atoms with E-state index < -0.39 is 0 Å². The molecule has 0 amide bonds. The molecule has 0 saturated carbocycles. The van der Waals surface area contributed by atoms with Crippen molar-refractivity contribution in [2.24, 2.45) is 4.99 Å². The highest BCUT2D eigenvalue weighted by atomic mass is 127. The maximum absolute atomic E-state index is 4.60. The number of thiophene rings is 1. The Morgan fingerprint density at radius 3 is 2.76 bits per heavy atom. The van der Waals surface area contributed by atoms with Gasteiger partial charge in [0.2, 0.25) is 0 Å². The van der Waals surface area contributed by atoms with Gasteiger partial charge >= 0.3 is 0 Å². The maximum atomic E-state index is 4.60. The summed E-state index contributed by atoms with van der Waals surface area (Å²) in [6.07, 6.45) is 5.14. The summed E-state index contributed by atoms with van der Waals surface area (Å²) < 4.78 is 2.15. The summed E-state index contributed by atoms with van der Waals surface area (Å²) in [6.45, 7) is 5.60. The molecular formula is C15H23IN4S. The number of hydrogen-bond acceptors (Lipinski definition) is 2. The van der Waals surface area contributed by atoms with Crippen LogP contribution in [0.1, 0.15) is 12.5 Å². The van der Waals surface area contributed by atoms with E-state index in [1.54, 1.807) is 11.3 Å². The van der Waals surface area contributed by atoms with E-state index >= 15 is 0 Å². The Morgan fingerprint density at radius 2 is 2.10 bits per heavy atom. The van der Waals surface area contributed by atoms with Gasteiger partial charge in [-0.15, -0.1) is 24.0 Å². The van der Waals surface area contributed by atoms with Gasteiger partial charge in [0.05, 0.1) is 0 Å². The Balaban J connectivity index is 0.00000220. The first-order chi connectivity index (χ1) is 9.88. The van der Waals surface area contributed by atoms with Crippen LogP contribution in [-0.2, 0) is 13.0 Å². The Morgan fingerprint density at radius 1 is 1.29 bits per heavy atom. The SMILES string of the molecule is CCNC(=NCCc1ccsc1)NCCn1cccc1.I. The zero-order chi connectivity index (χ0) is 14.0. The molecule has 0 bridgehead atoms. The van der Waals surface area contributed by atoms with E-state index in [1.165, 1.54) is 5.56 Å². The average molecular weight is 418 g/mol. The van der Waals surface area contributed by atoms with E-state index in [0.29, 0.717) is 0 Å². The van der Waals surface area contributed by atoms with E-state index in [4.69, 9.17) is 0 Å². The molecule has 4 nitrogen and oxygen atoms in total. The summed E-state index contributed by atoms with van der Waals surface area (Å²) in [5, 5.41) is 10.9. The molecule has 2 aromatic heterocycles. The molecule has 0 aliphatic carbocycles. The fourth-order valence-corrected chi connectivity index (χ4v) is 2.60. The first kappa shape index (κ1) is 18.0. The zero-order valence-electron chi connectivity index (χ0n) is 12.3. The van der Waals surface area contributed by atoms with Crippen molar-refractivity contribution in [1.29, 1.82) is 0 Å². The van der Waals surface area contributed by atoms with E-state index in [-0.39, 0.29) is 24.0 Å². The number of rotatable bonds is 7. The summed E-state index contributed by atoms with van der Waals surface area (Å²) in [6, 6.07) is 6.24. The van der Waals surface area contributed by atoms with Crippen molar-refractivity contribution in [1.82, 2.24) is 15.2 Å². The van der Waals surface area contributed by atoms with E-state index in [9.17, 15) is 0 Å². The highest BCUT2D eigenvalue weighted by molar-refractivity contribution is 14.0. The van der Waals surface area contributed by atoms with E-state index in [0.717, 1.165) is 38.6 Å². The molecule has 0 atom stereocenters. The second kappa shape index (κ2) is 10.7. The molecule has 2 rings (SSSR count). The van der Waals surface area contributed by atoms with Crippen molar-refractivity contribution >= 4 is 41.3 Å². The molecule has 0 aliphatic rings. The normalized spacial score (nSPS) is 11.0. The van der Waals surface area contributed by atoms with Crippen LogP contribution in [0.4, 0.5) is 0 Å². The molecule has 21 heavy (non-hydrogen) atoms. The molecule has 116 valence electrons. The summed E-state index contributed by atoms with van der Waals surface area (Å²) >= 11 is 1.74. The monoisotopic (exact) mass is 418 g/mol. The molecular weight excluding hydrogens is 395 g/mol. The molecule has 0 fully saturated rings. The summed E-state index contributed by atoms with van der Waals surface area (Å²) in [5.74, 6) is 0.898. The lowest BCUT2D eigenvalue weighted by atomic mass is 10.2. The van der Waals surface area contributed by atoms with Crippen molar-refractivity contribution in [3.63, 3.8) is 0 Å². The number of guanidine groups is 1. The van der Waals surface area contributed by atoms with Gasteiger partial charge in [0.15, 0.2) is 5.96 Å². The minimum atomic E-state index is 0. The van der Waals surface area contributed by atoms with Gasteiger partial charge < -0.3 is 15.2 Å². The summed E-state index contributed by atoms with van der Waals surface area (Å²) in [5.41, 5.74) is 1.36. The van der Waals surface area contributed by atoms with Gasteiger partial charge in [0, 0.05) is 38.6 Å². The van der Waals surface area contributed by atoms with Crippen molar-refractivity contribution in [3.05, 3.63) is 46.9 Å². The van der Waals surface area contributed by atoms with Crippen LogP contribution in [0.25, 0.3) is 0 Å². The Hall–Kier alpha value is -1.02. The van der Waals surface area contributed by atoms with Crippen LogP contribution in [-0.4, -0.2) is 30.2 Å². The largest absolute Gasteiger partial charge is 0.357 e. The van der Waals surface area contributed by atoms with Gasteiger partial charge in [0.25, 0.3) is 0 Å². The zero-order valence-corrected chi connectivity index (χ0v) is 15.4. The quantitative estimate of drug-likeness (QED) is 0.413. The van der Waals surface area contributed by atoms with Crippen LogP contribution in [0.5, 0.6) is 0 Å². The van der Waals surface area contributed by atoms with Crippen LogP contribution in [0.2, 0.25) is 0 Å². The second-order valence-electron chi connectivity index (χ2n) is 4.49. The van der Waals surface area contributed by atoms with Gasteiger partial charge in [0.1, 0.15) is 0 Å². The topological polar surface area (TPSA) is 41.4 Å². The van der Waals surface area contributed by atoms with Crippen LogP contribution in [0.3, 0.4) is 0 Å². The van der Waals surface area contributed by atoms with Crippen LogP contribution < -0.4 is 10.6 Å². The number of hydrogen-bond donors (Lipinski definition) is 2. The van der Waals surface area contributed by atoms with Gasteiger partial charge in [-0.05, 0) is 47.9 Å². The van der Waals surface area contributed by atoms with Crippen LogP contribution in [0.15, 0.2) is 46.3 Å². The molecule has 0 radical (unpaired) electrons. The van der Waals surface area contributed by atoms with Crippen molar-refractivity contribution in [3.8, 4) is 0 Å². The summed E-state index contributed by atoms with van der Waals surface area (Å²) in [4.78, 5) is 4.60. The maximum Gasteiger partial charge on any atom is 0.191 e. The van der Waals surface area contributed by atoms with E-state index in [1.807, 2.05) is 12.1 Å². The number of nitrogens with zero attached hydrogens (tertiary/aromatic N) is 2. The third-order valence-electron chi connectivity index (χ3n) is 2.92. The number of halogens is 1. The Bertz CT molecular complexity index is 494. The van der Waals surface area contributed by atoms with Gasteiger partial charge in [-0.1, -0.05) is 0 Å². The molecule has 2 heterocycles. The van der Waals surface area contributed by atoms with Crippen molar-refractivity contribution in [2.75, 3.05) is 19.6 Å². The standard InChI is InChI=1S/C15H22N4S.HI/c1-2-16-15(17-7-5-14-6-12-20-13-14)18-8-11-19-9-3-4-10-19;/h3-4,6,9-10,12-13H,2,5,7-8,11H2,1H3,(H2,16,17,18);1H. The fourth-order valence-electron chi connectivity index (χ4n) is 1.90. The molecule has 0 aromatic carbocycles. The molecule has 2 N–H and O–H groups in total. The number of aromatic nitrogens is 1. The smallest absolute Gasteiger partial charge is 0.191 e. The van der Waals surface area contributed by atoms with Gasteiger partial charge in [-0.3, -0.25) is 4.99 Å². The molecule has 0 aliphatic heterocycles. The summed E-state index contributed by atoms with van der Waals surface area (Å²) in [7, 11) is 0. The molecule has 6 heteroatoms. The van der Waals surface area contributed by atoms with Crippen molar-refractivity contribution < 1.29 is 0 Å². The third kappa shape index (κ3) is 6.99. The molecule has 0 saturated heterocycles. The Kier molecular flexibility index (Phi) is 9.16. The van der Waals surface area contributed by atoms with E-state index in [2.05, 4.69) is 56.3 Å². The highest BCUT2D eigenvalue weighted by Gasteiger charge is 1.97. The predicted molar refractivity (Wildman–Crippen MR) is 102 cm³/mol. The highest BCUT2D eigenvalue weighted by Crippen LogP contribution is 2.06. The van der Waals surface area contributed by atoms with Crippen LogP contribution in [0, 0.1) is 0 Å². The Labute approximate surface area is 147 Å². The fraction of sp³-hybridized carbons (Fsp3) is 0.400.